The van der Waals surface area contributed by atoms with E-state index < -0.39 is 46.1 Å². The molecule has 7 heteroatoms. The maximum Gasteiger partial charge on any atom is 0.231 e. The van der Waals surface area contributed by atoms with E-state index in [-0.39, 0.29) is 40.6 Å². The third-order valence-electron chi connectivity index (χ3n) is 9.14. The SMILES string of the molecule is Cc1c(O)c2c(c3c1O[C@]1(O)[C@H](C(=O)C(C)(C)C(=O)C1(C)C)[C@@H]3c1ccccc1)O[C@H](c1ccccc1)CC2=O. The summed E-state index contributed by atoms with van der Waals surface area (Å²) in [6.45, 7) is 7.94. The zero-order valence-corrected chi connectivity index (χ0v) is 23.1. The van der Waals surface area contributed by atoms with Gasteiger partial charge in [-0.2, -0.15) is 0 Å². The van der Waals surface area contributed by atoms with Gasteiger partial charge in [0.1, 0.15) is 28.9 Å². The van der Waals surface area contributed by atoms with Gasteiger partial charge in [0.15, 0.2) is 17.3 Å². The average Bonchev–Trinajstić information content (AvgIpc) is 2.94. The van der Waals surface area contributed by atoms with E-state index >= 15 is 0 Å². The second-order valence-corrected chi connectivity index (χ2v) is 12.2. The number of hydrogen-bond donors (Lipinski definition) is 2. The van der Waals surface area contributed by atoms with Crippen molar-refractivity contribution in [3.05, 3.63) is 88.5 Å². The zero-order valence-electron chi connectivity index (χ0n) is 23.1. The largest absolute Gasteiger partial charge is 0.507 e. The molecule has 206 valence electrons. The van der Waals surface area contributed by atoms with Gasteiger partial charge in [-0.05, 0) is 45.7 Å². The Bertz CT molecular complexity index is 1570. The number of ether oxygens (including phenoxy) is 2. The predicted octanol–water partition coefficient (Wildman–Crippen LogP) is 5.44. The second kappa shape index (κ2) is 8.51. The number of rotatable bonds is 2. The van der Waals surface area contributed by atoms with E-state index in [1.54, 1.807) is 34.6 Å². The molecule has 1 fully saturated rings. The van der Waals surface area contributed by atoms with E-state index in [9.17, 15) is 24.6 Å². The monoisotopic (exact) mass is 540 g/mol. The van der Waals surface area contributed by atoms with E-state index in [1.165, 1.54) is 0 Å². The summed E-state index contributed by atoms with van der Waals surface area (Å²) < 4.78 is 12.9. The van der Waals surface area contributed by atoms with Crippen molar-refractivity contribution in [1.82, 2.24) is 0 Å². The first-order chi connectivity index (χ1) is 18.8. The Labute approximate surface area is 232 Å². The number of phenols is 1. The molecule has 2 heterocycles. The number of carbonyl (C=O) groups is 3. The first kappa shape index (κ1) is 26.3. The summed E-state index contributed by atoms with van der Waals surface area (Å²) >= 11 is 0. The van der Waals surface area contributed by atoms with E-state index in [0.717, 1.165) is 5.56 Å². The molecule has 0 bridgehead atoms. The normalized spacial score (nSPS) is 28.1. The standard InChI is InChI=1S/C33H32O7/c1-17-26(35)23-20(34)16-21(18-12-8-6-9-13-18)39-28(23)24-22(19-14-10-7-11-15-19)25-29(36)31(2,3)30(37)32(4,5)33(25,38)40-27(17)24/h6-15,21-22,25,35,38H,16H2,1-5H3/t21-,22+,25-,33+/m0/s1. The lowest BCUT2D eigenvalue weighted by Gasteiger charge is -2.57. The third-order valence-corrected chi connectivity index (χ3v) is 9.14. The maximum absolute atomic E-state index is 14.2. The lowest BCUT2D eigenvalue weighted by atomic mass is 9.51. The summed E-state index contributed by atoms with van der Waals surface area (Å²) in [6, 6.07) is 18.5. The minimum Gasteiger partial charge on any atom is -0.507 e. The number of Topliss-reactive ketones (excluding diaryl/α,β-unsaturated/α-hetero) is 3. The fourth-order valence-electron chi connectivity index (χ4n) is 6.87. The van der Waals surface area contributed by atoms with Crippen molar-refractivity contribution >= 4 is 17.3 Å². The molecule has 2 aliphatic heterocycles. The van der Waals surface area contributed by atoms with Crippen molar-refractivity contribution in [3.8, 4) is 17.2 Å². The number of aliphatic hydroxyl groups is 1. The molecule has 0 radical (unpaired) electrons. The van der Waals surface area contributed by atoms with E-state index in [0.29, 0.717) is 11.1 Å². The van der Waals surface area contributed by atoms with Gasteiger partial charge in [0.05, 0.1) is 23.2 Å². The number of phenolic OH excluding ortho intramolecular Hbond substituents is 1. The van der Waals surface area contributed by atoms with Crippen LogP contribution in [-0.2, 0) is 9.59 Å². The van der Waals surface area contributed by atoms with Gasteiger partial charge in [0.2, 0.25) is 5.79 Å². The lowest BCUT2D eigenvalue weighted by Crippen LogP contribution is -2.71. The summed E-state index contributed by atoms with van der Waals surface area (Å²) in [5.41, 5.74) is -0.718. The van der Waals surface area contributed by atoms with Gasteiger partial charge in [0.25, 0.3) is 0 Å². The minimum absolute atomic E-state index is 0.0283. The highest BCUT2D eigenvalue weighted by atomic mass is 16.6. The quantitative estimate of drug-likeness (QED) is 0.417. The van der Waals surface area contributed by atoms with Gasteiger partial charge < -0.3 is 19.7 Å². The molecule has 40 heavy (non-hydrogen) atoms. The Hall–Kier alpha value is -3.97. The predicted molar refractivity (Wildman–Crippen MR) is 147 cm³/mol. The molecule has 6 rings (SSSR count). The van der Waals surface area contributed by atoms with Crippen LogP contribution in [0, 0.1) is 23.7 Å². The molecule has 0 aromatic heterocycles. The average molecular weight is 541 g/mol. The highest BCUT2D eigenvalue weighted by Crippen LogP contribution is 2.63. The first-order valence-electron chi connectivity index (χ1n) is 13.5. The van der Waals surface area contributed by atoms with Gasteiger partial charge in [-0.25, -0.2) is 0 Å². The van der Waals surface area contributed by atoms with E-state index in [1.807, 2.05) is 60.7 Å². The Morgan fingerprint density at radius 2 is 1.43 bits per heavy atom. The smallest absolute Gasteiger partial charge is 0.231 e. The van der Waals surface area contributed by atoms with Crippen molar-refractivity contribution in [3.63, 3.8) is 0 Å². The molecule has 3 aromatic carbocycles. The zero-order chi connectivity index (χ0) is 28.8. The van der Waals surface area contributed by atoms with E-state index in [4.69, 9.17) is 9.47 Å². The minimum atomic E-state index is -2.23. The molecule has 3 aromatic rings. The molecule has 1 aliphatic carbocycles. The molecular formula is C33H32O7. The topological polar surface area (TPSA) is 110 Å². The molecule has 0 spiro atoms. The van der Waals surface area contributed by atoms with Crippen molar-refractivity contribution in [2.75, 3.05) is 0 Å². The molecule has 0 amide bonds. The van der Waals surface area contributed by atoms with Crippen LogP contribution in [0.15, 0.2) is 60.7 Å². The summed E-state index contributed by atoms with van der Waals surface area (Å²) in [6.07, 6.45) is -0.596. The first-order valence-corrected chi connectivity index (χ1v) is 13.5. The molecule has 7 nitrogen and oxygen atoms in total. The Morgan fingerprint density at radius 3 is 2.02 bits per heavy atom. The number of benzene rings is 3. The van der Waals surface area contributed by atoms with Crippen molar-refractivity contribution in [2.45, 2.75) is 58.8 Å². The highest BCUT2D eigenvalue weighted by Gasteiger charge is 2.71. The second-order valence-electron chi connectivity index (χ2n) is 12.2. The van der Waals surface area contributed by atoms with Crippen molar-refractivity contribution < 1.29 is 34.1 Å². The Balaban J connectivity index is 1.69. The van der Waals surface area contributed by atoms with Crippen LogP contribution in [0.2, 0.25) is 0 Å². The Kier molecular flexibility index (Phi) is 5.59. The van der Waals surface area contributed by atoms with Gasteiger partial charge in [-0.3, -0.25) is 14.4 Å². The molecule has 3 aliphatic rings. The van der Waals surface area contributed by atoms with Crippen LogP contribution in [0.1, 0.15) is 78.7 Å². The van der Waals surface area contributed by atoms with Crippen molar-refractivity contribution in [2.24, 2.45) is 16.7 Å². The van der Waals surface area contributed by atoms with Crippen LogP contribution < -0.4 is 9.47 Å². The number of aromatic hydroxyl groups is 1. The molecule has 0 unspecified atom stereocenters. The van der Waals surface area contributed by atoms with Crippen LogP contribution in [0.25, 0.3) is 0 Å². The fourth-order valence-corrected chi connectivity index (χ4v) is 6.87. The molecule has 1 saturated carbocycles. The summed E-state index contributed by atoms with van der Waals surface area (Å²) in [5.74, 6) is -5.50. The van der Waals surface area contributed by atoms with Crippen LogP contribution in [0.4, 0.5) is 0 Å². The summed E-state index contributed by atoms with van der Waals surface area (Å²) in [4.78, 5) is 41.5. The lowest BCUT2D eigenvalue weighted by molar-refractivity contribution is -0.260. The van der Waals surface area contributed by atoms with Gasteiger partial charge in [-0.1, -0.05) is 60.7 Å². The molecule has 2 N–H and O–H groups in total. The van der Waals surface area contributed by atoms with Crippen LogP contribution in [-0.4, -0.2) is 33.3 Å². The maximum atomic E-state index is 14.2. The number of fused-ring (bicyclic) bond motifs is 4. The molecule has 0 saturated heterocycles. The number of ketones is 3. The highest BCUT2D eigenvalue weighted by molar-refractivity contribution is 6.13. The summed E-state index contributed by atoms with van der Waals surface area (Å²) in [5, 5.41) is 23.6. The molecule has 4 atom stereocenters. The molecular weight excluding hydrogens is 508 g/mol. The fraction of sp³-hybridized carbons (Fsp3) is 0.364. The van der Waals surface area contributed by atoms with Crippen LogP contribution >= 0.6 is 0 Å². The van der Waals surface area contributed by atoms with Crippen LogP contribution in [0.5, 0.6) is 17.2 Å². The number of hydrogen-bond acceptors (Lipinski definition) is 7. The third kappa shape index (κ3) is 3.30. The van der Waals surface area contributed by atoms with Crippen molar-refractivity contribution in [1.29, 1.82) is 0 Å². The van der Waals surface area contributed by atoms with Gasteiger partial charge in [-0.15, -0.1) is 0 Å². The van der Waals surface area contributed by atoms with Crippen LogP contribution in [0.3, 0.4) is 0 Å². The summed E-state index contributed by atoms with van der Waals surface area (Å²) in [7, 11) is 0. The van der Waals surface area contributed by atoms with Gasteiger partial charge in [0, 0.05) is 17.0 Å². The Morgan fingerprint density at radius 1 is 0.850 bits per heavy atom. The number of carbonyl (C=O) groups excluding carboxylic acids is 3. The van der Waals surface area contributed by atoms with Gasteiger partial charge >= 0.3 is 0 Å². The van der Waals surface area contributed by atoms with E-state index in [2.05, 4.69) is 0 Å².